The standard InChI is InChI=1S/C10H18I2O5/c1-5(2)8-6(3-13)16-7(4-15-11)10(17-12)9(8)14/h5-10,13-14H,3-4H2,1-2H3. The molecular weight excluding hydrogens is 454 g/mol. The predicted molar refractivity (Wildman–Crippen MR) is 78.9 cm³/mol. The number of aliphatic hydroxyl groups is 2. The van der Waals surface area contributed by atoms with Crippen molar-refractivity contribution in [1.82, 2.24) is 0 Å². The average molecular weight is 472 g/mol. The van der Waals surface area contributed by atoms with Crippen molar-refractivity contribution < 1.29 is 21.1 Å². The molecule has 1 rings (SSSR count). The van der Waals surface area contributed by atoms with Crippen LogP contribution in [-0.4, -0.2) is 47.8 Å². The van der Waals surface area contributed by atoms with Gasteiger partial charge in [0.05, 0.1) is 25.4 Å². The molecule has 0 aromatic rings. The van der Waals surface area contributed by atoms with E-state index in [9.17, 15) is 10.2 Å². The monoisotopic (exact) mass is 472 g/mol. The summed E-state index contributed by atoms with van der Waals surface area (Å²) in [5.41, 5.74) is 0. The minimum atomic E-state index is -0.658. The lowest BCUT2D eigenvalue weighted by Gasteiger charge is -2.44. The second kappa shape index (κ2) is 7.75. The zero-order chi connectivity index (χ0) is 13.0. The first-order valence-corrected chi connectivity index (χ1v) is 7.28. The van der Waals surface area contributed by atoms with E-state index in [1.165, 1.54) is 0 Å². The summed E-state index contributed by atoms with van der Waals surface area (Å²) >= 11 is 3.55. The molecule has 1 aliphatic rings. The lowest BCUT2D eigenvalue weighted by Crippen LogP contribution is -2.58. The lowest BCUT2D eigenvalue weighted by atomic mass is 9.79. The summed E-state index contributed by atoms with van der Waals surface area (Å²) in [5.74, 6) is 0.0721. The van der Waals surface area contributed by atoms with E-state index in [1.807, 2.05) is 13.8 Å². The highest BCUT2D eigenvalue weighted by Crippen LogP contribution is 2.34. The summed E-state index contributed by atoms with van der Waals surface area (Å²) in [4.78, 5) is 0. The predicted octanol–water partition coefficient (Wildman–Crippen LogP) is 1.48. The third-order valence-corrected chi connectivity index (χ3v) is 4.10. The van der Waals surface area contributed by atoms with Gasteiger partial charge in [-0.2, -0.15) is 0 Å². The fraction of sp³-hybridized carbons (Fsp3) is 1.00. The third kappa shape index (κ3) is 3.86. The first kappa shape index (κ1) is 16.3. The van der Waals surface area contributed by atoms with Crippen LogP contribution in [0.5, 0.6) is 0 Å². The van der Waals surface area contributed by atoms with Crippen molar-refractivity contribution in [3.63, 3.8) is 0 Å². The first-order valence-electron chi connectivity index (χ1n) is 5.52. The van der Waals surface area contributed by atoms with Crippen LogP contribution in [0.3, 0.4) is 0 Å². The Morgan fingerprint density at radius 3 is 2.35 bits per heavy atom. The molecular formula is C10H18I2O5. The van der Waals surface area contributed by atoms with Crippen molar-refractivity contribution in [2.75, 3.05) is 13.2 Å². The maximum Gasteiger partial charge on any atom is 0.125 e. The Morgan fingerprint density at radius 2 is 1.94 bits per heavy atom. The Bertz CT molecular complexity index is 229. The highest BCUT2D eigenvalue weighted by Gasteiger charge is 2.46. The molecule has 0 aromatic carbocycles. The van der Waals surface area contributed by atoms with Crippen LogP contribution in [0.4, 0.5) is 0 Å². The van der Waals surface area contributed by atoms with Crippen LogP contribution in [0, 0.1) is 11.8 Å². The highest BCUT2D eigenvalue weighted by atomic mass is 127. The maximum absolute atomic E-state index is 10.3. The van der Waals surface area contributed by atoms with Crippen LogP contribution in [0.15, 0.2) is 0 Å². The molecule has 0 spiro atoms. The summed E-state index contributed by atoms with van der Waals surface area (Å²) in [5, 5.41) is 19.7. The molecule has 0 radical (unpaired) electrons. The molecule has 5 unspecified atom stereocenters. The molecule has 17 heavy (non-hydrogen) atoms. The van der Waals surface area contributed by atoms with E-state index in [0.717, 1.165) is 0 Å². The zero-order valence-corrected chi connectivity index (χ0v) is 14.1. The fourth-order valence-electron chi connectivity index (χ4n) is 2.35. The molecule has 1 fully saturated rings. The normalized spacial score (nSPS) is 38.6. The molecule has 1 aliphatic heterocycles. The number of hydrogen-bond donors (Lipinski definition) is 2. The van der Waals surface area contributed by atoms with Crippen molar-refractivity contribution >= 4 is 46.0 Å². The van der Waals surface area contributed by atoms with Crippen molar-refractivity contribution in [1.29, 1.82) is 0 Å². The van der Waals surface area contributed by atoms with Gasteiger partial charge in [-0.25, -0.2) is 0 Å². The summed E-state index contributed by atoms with van der Waals surface area (Å²) in [6.07, 6.45) is -1.81. The van der Waals surface area contributed by atoms with Gasteiger partial charge in [0, 0.05) is 5.92 Å². The van der Waals surface area contributed by atoms with Crippen LogP contribution in [-0.2, 0) is 10.9 Å². The van der Waals surface area contributed by atoms with E-state index < -0.39 is 12.2 Å². The molecule has 2 N–H and O–H groups in total. The minimum Gasteiger partial charge on any atom is -0.394 e. The van der Waals surface area contributed by atoms with Gasteiger partial charge in [0.1, 0.15) is 58.2 Å². The largest absolute Gasteiger partial charge is 0.394 e. The van der Waals surface area contributed by atoms with Gasteiger partial charge in [-0.15, -0.1) is 0 Å². The third-order valence-electron chi connectivity index (χ3n) is 3.16. The second-order valence-electron chi connectivity index (χ2n) is 4.54. The molecule has 0 aliphatic carbocycles. The number of aliphatic hydroxyl groups excluding tert-OH is 2. The van der Waals surface area contributed by atoms with Gasteiger partial charge in [-0.05, 0) is 5.92 Å². The first-order chi connectivity index (χ1) is 8.06. The van der Waals surface area contributed by atoms with Crippen LogP contribution in [0.1, 0.15) is 13.8 Å². The van der Waals surface area contributed by atoms with E-state index >= 15 is 0 Å². The maximum atomic E-state index is 10.3. The Labute approximate surface area is 130 Å². The fourth-order valence-corrected chi connectivity index (χ4v) is 3.33. The van der Waals surface area contributed by atoms with Crippen LogP contribution < -0.4 is 0 Å². The molecule has 0 aromatic heterocycles. The van der Waals surface area contributed by atoms with E-state index in [1.54, 1.807) is 46.0 Å². The molecule has 5 nitrogen and oxygen atoms in total. The van der Waals surface area contributed by atoms with Gasteiger partial charge in [0.2, 0.25) is 0 Å². The molecule has 0 bridgehead atoms. The Hall–Kier alpha value is 1.26. The molecule has 5 atom stereocenters. The van der Waals surface area contributed by atoms with Gasteiger partial charge >= 0.3 is 0 Å². The van der Waals surface area contributed by atoms with Gasteiger partial charge in [0.25, 0.3) is 0 Å². The molecule has 102 valence electrons. The zero-order valence-electron chi connectivity index (χ0n) is 9.75. The van der Waals surface area contributed by atoms with Crippen LogP contribution in [0.25, 0.3) is 0 Å². The summed E-state index contributed by atoms with van der Waals surface area (Å²) in [7, 11) is 0. The number of ether oxygens (including phenoxy) is 1. The van der Waals surface area contributed by atoms with E-state index in [-0.39, 0.29) is 30.7 Å². The smallest absolute Gasteiger partial charge is 0.125 e. The molecule has 0 amide bonds. The molecule has 7 heteroatoms. The number of hydrogen-bond acceptors (Lipinski definition) is 5. The van der Waals surface area contributed by atoms with Gasteiger partial charge in [0.15, 0.2) is 0 Å². The van der Waals surface area contributed by atoms with Crippen molar-refractivity contribution in [3.05, 3.63) is 0 Å². The quantitative estimate of drug-likeness (QED) is 0.594. The van der Waals surface area contributed by atoms with Crippen molar-refractivity contribution in [2.24, 2.45) is 11.8 Å². The van der Waals surface area contributed by atoms with E-state index in [4.69, 9.17) is 10.9 Å². The summed E-state index contributed by atoms with van der Waals surface area (Å²) in [6.45, 7) is 4.22. The van der Waals surface area contributed by atoms with Gasteiger partial charge in [-0.3, -0.25) is 0 Å². The average Bonchev–Trinajstić information content (AvgIpc) is 2.28. The second-order valence-corrected chi connectivity index (χ2v) is 5.67. The van der Waals surface area contributed by atoms with Crippen molar-refractivity contribution in [3.8, 4) is 0 Å². The Kier molecular flexibility index (Phi) is 7.44. The minimum absolute atomic E-state index is 0.106. The van der Waals surface area contributed by atoms with Crippen LogP contribution >= 0.6 is 46.0 Å². The van der Waals surface area contributed by atoms with Crippen LogP contribution in [0.2, 0.25) is 0 Å². The van der Waals surface area contributed by atoms with E-state index in [0.29, 0.717) is 6.61 Å². The summed E-state index contributed by atoms with van der Waals surface area (Å²) in [6, 6.07) is 0. The lowest BCUT2D eigenvalue weighted by molar-refractivity contribution is -0.207. The molecule has 0 saturated carbocycles. The highest BCUT2D eigenvalue weighted by molar-refractivity contribution is 14.1. The van der Waals surface area contributed by atoms with Gasteiger partial charge < -0.3 is 21.1 Å². The molecule has 1 heterocycles. The summed E-state index contributed by atoms with van der Waals surface area (Å²) < 4.78 is 16.0. The number of halogens is 2. The van der Waals surface area contributed by atoms with Crippen molar-refractivity contribution in [2.45, 2.75) is 38.3 Å². The van der Waals surface area contributed by atoms with Gasteiger partial charge in [-0.1, -0.05) is 13.8 Å². The molecule has 1 saturated heterocycles. The number of rotatable bonds is 5. The van der Waals surface area contributed by atoms with E-state index in [2.05, 4.69) is 0 Å². The Balaban J connectivity index is 2.84. The Morgan fingerprint density at radius 1 is 1.29 bits per heavy atom. The topological polar surface area (TPSA) is 68.2 Å². The SMILES string of the molecule is CC(C)C1C(CO)OC(COI)C(OI)C1O.